The number of non-ortho nitro benzene ring substituents is 1. The van der Waals surface area contributed by atoms with Crippen molar-refractivity contribution < 1.29 is 10.0 Å². The molecule has 92 valence electrons. The van der Waals surface area contributed by atoms with Crippen molar-refractivity contribution in [1.29, 1.82) is 0 Å². The zero-order chi connectivity index (χ0) is 13.1. The number of aliphatic hydroxyl groups excluding tert-OH is 1. The maximum absolute atomic E-state index is 10.7. The highest BCUT2D eigenvalue weighted by atomic mass is 16.6. The molecule has 0 aliphatic carbocycles. The van der Waals surface area contributed by atoms with Crippen LogP contribution in [-0.4, -0.2) is 15.0 Å². The lowest BCUT2D eigenvalue weighted by atomic mass is 10.0. The number of hydrogen-bond acceptors (Lipinski definition) is 4. The number of rotatable bonds is 3. The minimum Gasteiger partial charge on any atom is -0.390 e. The Labute approximate surface area is 104 Å². The van der Waals surface area contributed by atoms with Crippen molar-refractivity contribution in [3.8, 4) is 11.1 Å². The topological polar surface area (TPSA) is 76.3 Å². The number of benzene rings is 1. The minimum absolute atomic E-state index is 0.0486. The van der Waals surface area contributed by atoms with Crippen molar-refractivity contribution in [3.05, 3.63) is 57.9 Å². The van der Waals surface area contributed by atoms with Crippen molar-refractivity contribution in [1.82, 2.24) is 4.98 Å². The van der Waals surface area contributed by atoms with Gasteiger partial charge in [0, 0.05) is 17.8 Å². The Morgan fingerprint density at radius 2 is 2.06 bits per heavy atom. The van der Waals surface area contributed by atoms with Gasteiger partial charge in [-0.25, -0.2) is 0 Å². The lowest BCUT2D eigenvalue weighted by Gasteiger charge is -2.05. The Kier molecular flexibility index (Phi) is 3.34. The second-order valence-corrected chi connectivity index (χ2v) is 3.95. The number of nitrogens with zero attached hydrogens (tertiary/aromatic N) is 2. The molecule has 18 heavy (non-hydrogen) atoms. The SMILES string of the molecule is Cc1cc(-c2cccc([N+](=O)[O-])c2)cc(CO)n1. The first-order valence-electron chi connectivity index (χ1n) is 5.43. The maximum atomic E-state index is 10.7. The molecule has 5 heteroatoms. The number of nitro benzene ring substituents is 1. The van der Waals surface area contributed by atoms with E-state index < -0.39 is 4.92 Å². The van der Waals surface area contributed by atoms with Gasteiger partial charge in [0.2, 0.25) is 0 Å². The van der Waals surface area contributed by atoms with Gasteiger partial charge in [-0.15, -0.1) is 0 Å². The first-order valence-corrected chi connectivity index (χ1v) is 5.43. The van der Waals surface area contributed by atoms with Gasteiger partial charge >= 0.3 is 0 Å². The van der Waals surface area contributed by atoms with Crippen molar-refractivity contribution in [2.24, 2.45) is 0 Å². The van der Waals surface area contributed by atoms with Crippen LogP contribution in [0.15, 0.2) is 36.4 Å². The molecule has 1 aromatic carbocycles. The van der Waals surface area contributed by atoms with E-state index in [4.69, 9.17) is 5.11 Å². The zero-order valence-electron chi connectivity index (χ0n) is 9.83. The summed E-state index contributed by atoms with van der Waals surface area (Å²) in [5, 5.41) is 19.8. The number of aromatic nitrogens is 1. The maximum Gasteiger partial charge on any atom is 0.270 e. The molecular weight excluding hydrogens is 232 g/mol. The number of aliphatic hydroxyl groups is 1. The highest BCUT2D eigenvalue weighted by Crippen LogP contribution is 2.24. The molecule has 0 radical (unpaired) electrons. The predicted molar refractivity (Wildman–Crippen MR) is 67.0 cm³/mol. The molecule has 0 atom stereocenters. The largest absolute Gasteiger partial charge is 0.390 e. The standard InChI is InChI=1S/C13H12N2O3/c1-9-5-11(6-12(8-16)14-9)10-3-2-4-13(7-10)15(17)18/h2-7,16H,8H2,1H3. The molecule has 1 N–H and O–H groups in total. The Balaban J connectivity index is 2.51. The van der Waals surface area contributed by atoms with Crippen LogP contribution in [0.25, 0.3) is 11.1 Å². The van der Waals surface area contributed by atoms with Crippen LogP contribution in [0.4, 0.5) is 5.69 Å². The molecule has 0 saturated carbocycles. The lowest BCUT2D eigenvalue weighted by molar-refractivity contribution is -0.384. The van der Waals surface area contributed by atoms with E-state index in [1.807, 2.05) is 13.0 Å². The summed E-state index contributed by atoms with van der Waals surface area (Å²) in [5.74, 6) is 0. The third kappa shape index (κ3) is 2.52. The Morgan fingerprint density at radius 1 is 1.28 bits per heavy atom. The van der Waals surface area contributed by atoms with Gasteiger partial charge in [0.15, 0.2) is 0 Å². The van der Waals surface area contributed by atoms with E-state index in [9.17, 15) is 10.1 Å². The molecule has 0 saturated heterocycles. The van der Waals surface area contributed by atoms with E-state index in [2.05, 4.69) is 4.98 Å². The average molecular weight is 244 g/mol. The second kappa shape index (κ2) is 4.93. The van der Waals surface area contributed by atoms with Crippen LogP contribution in [-0.2, 0) is 6.61 Å². The molecule has 1 heterocycles. The normalized spacial score (nSPS) is 10.3. The summed E-state index contributed by atoms with van der Waals surface area (Å²) in [7, 11) is 0. The van der Waals surface area contributed by atoms with E-state index in [0.29, 0.717) is 5.69 Å². The fraction of sp³-hybridized carbons (Fsp3) is 0.154. The van der Waals surface area contributed by atoms with Gasteiger partial charge in [-0.2, -0.15) is 0 Å². The van der Waals surface area contributed by atoms with Crippen molar-refractivity contribution in [3.63, 3.8) is 0 Å². The van der Waals surface area contributed by atoms with E-state index >= 15 is 0 Å². The zero-order valence-corrected chi connectivity index (χ0v) is 9.83. The van der Waals surface area contributed by atoms with Gasteiger partial charge in [0.05, 0.1) is 17.2 Å². The second-order valence-electron chi connectivity index (χ2n) is 3.95. The van der Waals surface area contributed by atoms with Crippen LogP contribution in [0.1, 0.15) is 11.4 Å². The molecule has 0 aliphatic rings. The molecule has 0 aliphatic heterocycles. The van der Waals surface area contributed by atoms with Crippen molar-refractivity contribution in [2.45, 2.75) is 13.5 Å². The monoisotopic (exact) mass is 244 g/mol. The van der Waals surface area contributed by atoms with E-state index in [0.717, 1.165) is 16.8 Å². The summed E-state index contributed by atoms with van der Waals surface area (Å²) in [6, 6.07) is 9.95. The van der Waals surface area contributed by atoms with E-state index in [1.54, 1.807) is 18.2 Å². The molecule has 0 spiro atoms. The first-order chi connectivity index (χ1) is 8.60. The molecule has 0 bridgehead atoms. The third-order valence-electron chi connectivity index (χ3n) is 2.56. The minimum atomic E-state index is -0.426. The predicted octanol–water partition coefficient (Wildman–Crippen LogP) is 2.46. The highest BCUT2D eigenvalue weighted by molar-refractivity contribution is 5.66. The van der Waals surface area contributed by atoms with E-state index in [1.165, 1.54) is 12.1 Å². The fourth-order valence-electron chi connectivity index (χ4n) is 1.78. The smallest absolute Gasteiger partial charge is 0.270 e. The van der Waals surface area contributed by atoms with Crippen LogP contribution >= 0.6 is 0 Å². The van der Waals surface area contributed by atoms with Crippen molar-refractivity contribution in [2.75, 3.05) is 0 Å². The van der Waals surface area contributed by atoms with Gasteiger partial charge in [-0.1, -0.05) is 12.1 Å². The molecule has 0 fully saturated rings. The summed E-state index contributed by atoms with van der Waals surface area (Å²) in [6.07, 6.45) is 0. The molecular formula is C13H12N2O3. The molecule has 5 nitrogen and oxygen atoms in total. The first kappa shape index (κ1) is 12.2. The van der Waals surface area contributed by atoms with Crippen LogP contribution in [0.5, 0.6) is 0 Å². The van der Waals surface area contributed by atoms with Crippen LogP contribution in [0.3, 0.4) is 0 Å². The van der Waals surface area contributed by atoms with Crippen molar-refractivity contribution >= 4 is 5.69 Å². The van der Waals surface area contributed by atoms with Crippen LogP contribution in [0.2, 0.25) is 0 Å². The summed E-state index contributed by atoms with van der Waals surface area (Å²) in [4.78, 5) is 14.5. The molecule has 0 unspecified atom stereocenters. The number of nitro groups is 1. The third-order valence-corrected chi connectivity index (χ3v) is 2.56. The van der Waals surface area contributed by atoms with Gasteiger partial charge in [0.25, 0.3) is 5.69 Å². The van der Waals surface area contributed by atoms with Gasteiger partial charge < -0.3 is 5.11 Å². The van der Waals surface area contributed by atoms with Gasteiger partial charge in [-0.05, 0) is 30.2 Å². The van der Waals surface area contributed by atoms with Crippen LogP contribution in [0, 0.1) is 17.0 Å². The van der Waals surface area contributed by atoms with Gasteiger partial charge in [-0.3, -0.25) is 15.1 Å². The summed E-state index contributed by atoms with van der Waals surface area (Å²) < 4.78 is 0. The average Bonchev–Trinajstić information content (AvgIpc) is 2.38. The lowest BCUT2D eigenvalue weighted by Crippen LogP contribution is -1.94. The van der Waals surface area contributed by atoms with E-state index in [-0.39, 0.29) is 12.3 Å². The molecule has 2 rings (SSSR count). The highest BCUT2D eigenvalue weighted by Gasteiger charge is 2.08. The number of aryl methyl sites for hydroxylation is 1. The summed E-state index contributed by atoms with van der Waals surface area (Å²) in [5.41, 5.74) is 2.92. The number of hydrogen-bond donors (Lipinski definition) is 1. The van der Waals surface area contributed by atoms with Gasteiger partial charge in [0.1, 0.15) is 0 Å². The molecule has 1 aromatic heterocycles. The Bertz CT molecular complexity index is 597. The quantitative estimate of drug-likeness (QED) is 0.664. The molecule has 2 aromatic rings. The Hall–Kier alpha value is -2.27. The van der Waals surface area contributed by atoms with Crippen LogP contribution < -0.4 is 0 Å². The summed E-state index contributed by atoms with van der Waals surface area (Å²) >= 11 is 0. The molecule has 0 amide bonds. The Morgan fingerprint density at radius 3 is 2.72 bits per heavy atom. The number of pyridine rings is 1. The fourth-order valence-corrected chi connectivity index (χ4v) is 1.78. The summed E-state index contributed by atoms with van der Waals surface area (Å²) in [6.45, 7) is 1.67.